The molecule has 0 fully saturated rings. The van der Waals surface area contributed by atoms with Crippen LogP contribution in [0.2, 0.25) is 0 Å². The van der Waals surface area contributed by atoms with Gasteiger partial charge in [0, 0.05) is 30.9 Å². The van der Waals surface area contributed by atoms with Gasteiger partial charge < -0.3 is 15.1 Å². The molecule has 1 amide bonds. The number of hydrogen-bond acceptors (Lipinski definition) is 6. The first-order valence-corrected chi connectivity index (χ1v) is 6.70. The lowest BCUT2D eigenvalue weighted by atomic mass is 10.2. The number of pyridine rings is 1. The van der Waals surface area contributed by atoms with Gasteiger partial charge in [-0.3, -0.25) is 4.79 Å². The van der Waals surface area contributed by atoms with Crippen molar-refractivity contribution in [3.05, 3.63) is 22.3 Å². The fraction of sp³-hybridized carbons (Fsp3) is 0.417. The van der Waals surface area contributed by atoms with Crippen molar-refractivity contribution in [2.75, 3.05) is 32.2 Å². The van der Waals surface area contributed by atoms with Gasteiger partial charge in [-0.05, 0) is 22.0 Å². The van der Waals surface area contributed by atoms with Gasteiger partial charge in [0.05, 0.1) is 24.7 Å². The molecule has 1 rings (SSSR count). The number of anilines is 1. The minimum atomic E-state index is -0.251. The number of rotatable bonds is 7. The molecule has 0 spiro atoms. The third-order valence-corrected chi connectivity index (χ3v) is 3.00. The number of hydrazine groups is 1. The maximum absolute atomic E-state index is 12.5. The minimum absolute atomic E-state index is 0.251. The van der Waals surface area contributed by atoms with Gasteiger partial charge in [0.1, 0.15) is 0 Å². The predicted molar refractivity (Wildman–Crippen MR) is 77.8 cm³/mol. The zero-order valence-corrected chi connectivity index (χ0v) is 12.7. The number of nitrogens with zero attached hydrogens (tertiary/aromatic N) is 3. The standard InChI is InChI=1S/C12H16BrN5O2/c1-20-6-5-18(4-2-3-14)12(19)10-7-9(13)8-16-11(10)17-15/h7-8H,2,4-6,15H2,1H3,(H,16,17). The Morgan fingerprint density at radius 1 is 1.65 bits per heavy atom. The van der Waals surface area contributed by atoms with Gasteiger partial charge in [0.25, 0.3) is 5.91 Å². The highest BCUT2D eigenvalue weighted by molar-refractivity contribution is 9.10. The molecule has 0 aliphatic rings. The number of hydrogen-bond donors (Lipinski definition) is 2. The Morgan fingerprint density at radius 3 is 3.00 bits per heavy atom. The molecule has 0 aromatic carbocycles. The van der Waals surface area contributed by atoms with E-state index in [1.807, 2.05) is 6.07 Å². The van der Waals surface area contributed by atoms with Crippen LogP contribution in [-0.4, -0.2) is 42.6 Å². The van der Waals surface area contributed by atoms with Crippen LogP contribution in [0.25, 0.3) is 0 Å². The van der Waals surface area contributed by atoms with Gasteiger partial charge in [-0.2, -0.15) is 5.26 Å². The van der Waals surface area contributed by atoms with E-state index in [1.165, 1.54) is 4.90 Å². The average Bonchev–Trinajstić information content (AvgIpc) is 2.46. The van der Waals surface area contributed by atoms with E-state index in [2.05, 4.69) is 26.3 Å². The van der Waals surface area contributed by atoms with Crippen LogP contribution >= 0.6 is 15.9 Å². The van der Waals surface area contributed by atoms with Crippen LogP contribution < -0.4 is 11.3 Å². The van der Waals surface area contributed by atoms with E-state index in [1.54, 1.807) is 19.4 Å². The summed E-state index contributed by atoms with van der Waals surface area (Å²) in [6.07, 6.45) is 1.79. The quantitative estimate of drug-likeness (QED) is 0.569. The van der Waals surface area contributed by atoms with E-state index in [0.29, 0.717) is 29.7 Å². The molecule has 108 valence electrons. The van der Waals surface area contributed by atoms with Gasteiger partial charge in [-0.15, -0.1) is 0 Å². The van der Waals surface area contributed by atoms with E-state index in [0.717, 1.165) is 0 Å². The number of nitrogens with one attached hydrogen (secondary N) is 1. The molecular formula is C12H16BrN5O2. The number of amides is 1. The van der Waals surface area contributed by atoms with Crippen LogP contribution in [0, 0.1) is 11.3 Å². The summed E-state index contributed by atoms with van der Waals surface area (Å²) >= 11 is 3.27. The Hall–Kier alpha value is -1.69. The second-order valence-electron chi connectivity index (χ2n) is 3.89. The third-order valence-electron chi connectivity index (χ3n) is 2.57. The van der Waals surface area contributed by atoms with Crippen molar-refractivity contribution in [3.8, 4) is 6.07 Å². The number of nitrogen functional groups attached to an aromatic ring is 1. The van der Waals surface area contributed by atoms with Crippen LogP contribution in [0.3, 0.4) is 0 Å². The smallest absolute Gasteiger partial charge is 0.257 e. The topological polar surface area (TPSA) is 104 Å². The molecule has 3 N–H and O–H groups in total. The monoisotopic (exact) mass is 341 g/mol. The summed E-state index contributed by atoms with van der Waals surface area (Å²) < 4.78 is 5.65. The van der Waals surface area contributed by atoms with Gasteiger partial charge in [-0.25, -0.2) is 10.8 Å². The highest BCUT2D eigenvalue weighted by Gasteiger charge is 2.19. The van der Waals surface area contributed by atoms with Crippen molar-refractivity contribution in [2.45, 2.75) is 6.42 Å². The maximum Gasteiger partial charge on any atom is 0.257 e. The zero-order chi connectivity index (χ0) is 15.0. The Bertz CT molecular complexity index is 503. The molecule has 0 saturated heterocycles. The molecule has 0 bridgehead atoms. The van der Waals surface area contributed by atoms with Crippen LogP contribution in [-0.2, 0) is 4.74 Å². The number of aromatic nitrogens is 1. The summed E-state index contributed by atoms with van der Waals surface area (Å²) in [5, 5.41) is 8.67. The first-order chi connectivity index (χ1) is 9.63. The highest BCUT2D eigenvalue weighted by Crippen LogP contribution is 2.19. The summed E-state index contributed by atoms with van der Waals surface area (Å²) in [7, 11) is 1.56. The van der Waals surface area contributed by atoms with Gasteiger partial charge in [-0.1, -0.05) is 0 Å². The number of carbonyl (C=O) groups excluding carboxylic acids is 1. The summed E-state index contributed by atoms with van der Waals surface area (Å²) in [6.45, 7) is 1.12. The normalized spacial score (nSPS) is 9.90. The molecule has 0 saturated carbocycles. The lowest BCUT2D eigenvalue weighted by Crippen LogP contribution is -2.35. The van der Waals surface area contributed by atoms with E-state index in [4.69, 9.17) is 15.8 Å². The zero-order valence-electron chi connectivity index (χ0n) is 11.1. The fourth-order valence-electron chi connectivity index (χ4n) is 1.59. The molecule has 1 aromatic rings. The fourth-order valence-corrected chi connectivity index (χ4v) is 1.92. The van der Waals surface area contributed by atoms with E-state index in [-0.39, 0.29) is 18.1 Å². The third kappa shape index (κ3) is 4.45. The summed E-state index contributed by atoms with van der Waals surface area (Å²) in [4.78, 5) is 18.1. The van der Waals surface area contributed by atoms with Crippen LogP contribution in [0.5, 0.6) is 0 Å². The largest absolute Gasteiger partial charge is 0.383 e. The molecule has 0 aliphatic carbocycles. The van der Waals surface area contributed by atoms with Crippen molar-refractivity contribution >= 4 is 27.7 Å². The van der Waals surface area contributed by atoms with Crippen molar-refractivity contribution in [1.29, 1.82) is 5.26 Å². The molecule has 1 aromatic heterocycles. The van der Waals surface area contributed by atoms with Gasteiger partial charge in [0.15, 0.2) is 5.82 Å². The Balaban J connectivity index is 2.98. The number of halogens is 1. The number of methoxy groups -OCH3 is 1. The second-order valence-corrected chi connectivity index (χ2v) is 4.80. The maximum atomic E-state index is 12.5. The molecule has 0 aliphatic heterocycles. The van der Waals surface area contributed by atoms with Gasteiger partial charge in [0.2, 0.25) is 0 Å². The summed E-state index contributed by atoms with van der Waals surface area (Å²) in [5.74, 6) is 5.40. The molecule has 8 heteroatoms. The Labute approximate surface area is 125 Å². The number of carbonyl (C=O) groups is 1. The number of nitrogens with two attached hydrogens (primary N) is 1. The number of ether oxygens (including phenoxy) is 1. The van der Waals surface area contributed by atoms with Gasteiger partial charge >= 0.3 is 0 Å². The lowest BCUT2D eigenvalue weighted by Gasteiger charge is -2.22. The molecule has 0 atom stereocenters. The SMILES string of the molecule is COCCN(CCC#N)C(=O)c1cc(Br)cnc1NN. The minimum Gasteiger partial charge on any atom is -0.383 e. The average molecular weight is 342 g/mol. The van der Waals surface area contributed by atoms with Crippen LogP contribution in [0.1, 0.15) is 16.8 Å². The molecule has 1 heterocycles. The van der Waals surface area contributed by atoms with E-state index >= 15 is 0 Å². The molecule has 0 radical (unpaired) electrons. The van der Waals surface area contributed by atoms with Crippen molar-refractivity contribution in [1.82, 2.24) is 9.88 Å². The molecule has 7 nitrogen and oxygen atoms in total. The first-order valence-electron chi connectivity index (χ1n) is 5.91. The van der Waals surface area contributed by atoms with E-state index in [9.17, 15) is 4.79 Å². The lowest BCUT2D eigenvalue weighted by molar-refractivity contribution is 0.0700. The Morgan fingerprint density at radius 2 is 2.40 bits per heavy atom. The molecular weight excluding hydrogens is 326 g/mol. The van der Waals surface area contributed by atoms with E-state index < -0.39 is 0 Å². The summed E-state index contributed by atoms with van der Waals surface area (Å²) in [5.41, 5.74) is 2.74. The van der Waals surface area contributed by atoms with Crippen molar-refractivity contribution in [3.63, 3.8) is 0 Å². The van der Waals surface area contributed by atoms with Crippen LogP contribution in [0.15, 0.2) is 16.7 Å². The highest BCUT2D eigenvalue weighted by atomic mass is 79.9. The molecule has 20 heavy (non-hydrogen) atoms. The predicted octanol–water partition coefficient (Wildman–Crippen LogP) is 1.13. The Kier molecular flexibility index (Phi) is 6.93. The summed E-state index contributed by atoms with van der Waals surface area (Å²) in [6, 6.07) is 3.66. The van der Waals surface area contributed by atoms with Crippen LogP contribution in [0.4, 0.5) is 5.82 Å². The van der Waals surface area contributed by atoms with Crippen molar-refractivity contribution < 1.29 is 9.53 Å². The molecule has 0 unspecified atom stereocenters. The number of nitriles is 1. The second kappa shape index (κ2) is 8.47. The van der Waals surface area contributed by atoms with Crippen molar-refractivity contribution in [2.24, 2.45) is 5.84 Å². The first kappa shape index (κ1) is 16.4.